The van der Waals surface area contributed by atoms with Crippen molar-refractivity contribution in [3.63, 3.8) is 0 Å². The first-order chi connectivity index (χ1) is 22.3. The van der Waals surface area contributed by atoms with E-state index in [-0.39, 0.29) is 24.1 Å². The van der Waals surface area contributed by atoms with E-state index in [1.807, 2.05) is 12.1 Å². The number of hydrogen-bond acceptors (Lipinski definition) is 10. The van der Waals surface area contributed by atoms with Gasteiger partial charge in [0.2, 0.25) is 16.0 Å². The minimum Gasteiger partial charge on any atom is -0.495 e. The maximum absolute atomic E-state index is 13.2. The molecule has 240 valence electrons. The molecule has 46 heavy (non-hydrogen) atoms. The largest absolute Gasteiger partial charge is 0.495 e. The van der Waals surface area contributed by atoms with Crippen LogP contribution in [-0.2, 0) is 26.2 Å². The van der Waals surface area contributed by atoms with E-state index < -0.39 is 27.9 Å². The number of carbonyl (C=O) groups excluding carboxylic acids is 2. The fourth-order valence-electron chi connectivity index (χ4n) is 5.06. The lowest BCUT2D eigenvalue weighted by molar-refractivity contribution is -0.146. The third kappa shape index (κ3) is 8.58. The van der Waals surface area contributed by atoms with Gasteiger partial charge in [-0.3, -0.25) is 9.59 Å². The summed E-state index contributed by atoms with van der Waals surface area (Å²) in [6, 6.07) is 22.4. The molecule has 1 amide bonds. The molecule has 4 aromatic rings. The minimum atomic E-state index is -4.09. The number of nitrogens with zero attached hydrogens (tertiary/aromatic N) is 3. The molecule has 3 N–H and O–H groups in total. The van der Waals surface area contributed by atoms with Crippen molar-refractivity contribution in [1.29, 1.82) is 0 Å². The van der Waals surface area contributed by atoms with E-state index in [0.717, 1.165) is 37.2 Å². The van der Waals surface area contributed by atoms with E-state index >= 15 is 0 Å². The molecule has 13 heteroatoms. The highest BCUT2D eigenvalue weighted by atomic mass is 32.2. The molecule has 0 spiro atoms. The number of rotatable bonds is 13. The number of amides is 1. The fourth-order valence-corrected chi connectivity index (χ4v) is 6.26. The third-order valence-electron chi connectivity index (χ3n) is 7.50. The summed E-state index contributed by atoms with van der Waals surface area (Å²) in [5.41, 5.74) is 1.88. The van der Waals surface area contributed by atoms with Gasteiger partial charge in [-0.25, -0.2) is 18.4 Å². The summed E-state index contributed by atoms with van der Waals surface area (Å²) in [5, 5.41) is 6.04. The number of hydrogen-bond donors (Lipinski definition) is 3. The summed E-state index contributed by atoms with van der Waals surface area (Å²) < 4.78 is 39.6. The number of ether oxygens (including phenoxy) is 2. The van der Waals surface area contributed by atoms with Gasteiger partial charge in [-0.05, 0) is 54.8 Å². The lowest BCUT2D eigenvalue weighted by Gasteiger charge is -2.34. The van der Waals surface area contributed by atoms with Crippen LogP contribution in [-0.4, -0.2) is 69.1 Å². The van der Waals surface area contributed by atoms with Crippen molar-refractivity contribution in [2.45, 2.75) is 36.4 Å². The number of piperidine rings is 1. The van der Waals surface area contributed by atoms with Crippen LogP contribution in [0, 0.1) is 0 Å². The van der Waals surface area contributed by atoms with Gasteiger partial charge in [0.25, 0.3) is 5.91 Å². The van der Waals surface area contributed by atoms with Crippen molar-refractivity contribution in [3.05, 3.63) is 108 Å². The SMILES string of the molecule is COc1cc(C(=O)NC[C@H](NS(=O)(=O)c2ccccc2)C(=O)OCc2ccccc2)ccc1N1CCC(Nc2ncccn2)CC1. The summed E-state index contributed by atoms with van der Waals surface area (Å²) in [6.45, 7) is 1.14. The molecular formula is C33H36N6O6S. The molecule has 5 rings (SSSR count). The molecule has 0 radical (unpaired) electrons. The van der Waals surface area contributed by atoms with Gasteiger partial charge in [0, 0.05) is 43.6 Å². The smallest absolute Gasteiger partial charge is 0.326 e. The average molecular weight is 645 g/mol. The zero-order valence-electron chi connectivity index (χ0n) is 25.3. The molecule has 1 atom stereocenters. The van der Waals surface area contributed by atoms with Gasteiger partial charge in [-0.2, -0.15) is 4.72 Å². The summed E-state index contributed by atoms with van der Waals surface area (Å²) in [6.07, 6.45) is 5.14. The van der Waals surface area contributed by atoms with Crippen molar-refractivity contribution < 1.29 is 27.5 Å². The summed E-state index contributed by atoms with van der Waals surface area (Å²) in [4.78, 5) is 37.0. The predicted octanol–water partition coefficient (Wildman–Crippen LogP) is 3.39. The summed E-state index contributed by atoms with van der Waals surface area (Å²) in [7, 11) is -2.55. The van der Waals surface area contributed by atoms with Crippen LogP contribution in [0.1, 0.15) is 28.8 Å². The number of methoxy groups -OCH3 is 1. The van der Waals surface area contributed by atoms with E-state index in [0.29, 0.717) is 17.3 Å². The van der Waals surface area contributed by atoms with Crippen LogP contribution in [0.25, 0.3) is 0 Å². The lowest BCUT2D eigenvalue weighted by Crippen LogP contribution is -2.49. The molecule has 1 aliphatic rings. The molecule has 0 unspecified atom stereocenters. The van der Waals surface area contributed by atoms with E-state index in [4.69, 9.17) is 9.47 Å². The Bertz CT molecular complexity index is 1700. The molecule has 1 aliphatic heterocycles. The average Bonchev–Trinajstić information content (AvgIpc) is 3.10. The number of aromatic nitrogens is 2. The Morgan fingerprint density at radius 2 is 1.61 bits per heavy atom. The summed E-state index contributed by atoms with van der Waals surface area (Å²) >= 11 is 0. The Morgan fingerprint density at radius 3 is 2.28 bits per heavy atom. The maximum atomic E-state index is 13.2. The van der Waals surface area contributed by atoms with Crippen LogP contribution in [0.5, 0.6) is 5.75 Å². The van der Waals surface area contributed by atoms with Crippen LogP contribution in [0.2, 0.25) is 0 Å². The van der Waals surface area contributed by atoms with Crippen LogP contribution in [0.4, 0.5) is 11.6 Å². The zero-order valence-corrected chi connectivity index (χ0v) is 26.2. The first-order valence-corrected chi connectivity index (χ1v) is 16.3. The van der Waals surface area contributed by atoms with E-state index in [1.54, 1.807) is 80.2 Å². The quantitative estimate of drug-likeness (QED) is 0.185. The second-order valence-corrected chi connectivity index (χ2v) is 12.4. The first kappa shape index (κ1) is 32.4. The number of nitrogens with one attached hydrogen (secondary N) is 3. The molecular weight excluding hydrogens is 608 g/mol. The van der Waals surface area contributed by atoms with E-state index in [1.165, 1.54) is 12.1 Å². The van der Waals surface area contributed by atoms with Crippen molar-refractivity contribution >= 4 is 33.5 Å². The maximum Gasteiger partial charge on any atom is 0.326 e. The Labute approximate surface area is 268 Å². The standard InChI is InChI=1S/C33H36N6O6S/c1-44-30-21-25(13-14-29(30)39-19-15-26(16-20-39)37-33-34-17-8-18-35-33)31(40)36-22-28(32(41)45-23-24-9-4-2-5-10-24)38-46(42,43)27-11-6-3-7-12-27/h2-14,17-18,21,26,28,38H,15-16,19-20,22-23H2,1H3,(H,36,40)(H,34,35,37)/t28-/m0/s1. The number of carbonyl (C=O) groups is 2. The van der Waals surface area contributed by atoms with Crippen molar-refractivity contribution in [3.8, 4) is 5.75 Å². The topological polar surface area (TPSA) is 152 Å². The van der Waals surface area contributed by atoms with Crippen LogP contribution in [0.15, 0.2) is 102 Å². The van der Waals surface area contributed by atoms with Crippen molar-refractivity contribution in [1.82, 2.24) is 20.0 Å². The zero-order chi connectivity index (χ0) is 32.4. The second kappa shape index (κ2) is 15.3. The second-order valence-electron chi connectivity index (χ2n) is 10.7. The predicted molar refractivity (Wildman–Crippen MR) is 173 cm³/mol. The Morgan fingerprint density at radius 1 is 0.935 bits per heavy atom. The van der Waals surface area contributed by atoms with Gasteiger partial charge in [0.1, 0.15) is 18.4 Å². The molecule has 0 saturated carbocycles. The van der Waals surface area contributed by atoms with E-state index in [2.05, 4.69) is 30.2 Å². The molecule has 1 saturated heterocycles. The number of benzene rings is 3. The van der Waals surface area contributed by atoms with Gasteiger partial charge < -0.3 is 25.0 Å². The molecule has 3 aromatic carbocycles. The van der Waals surface area contributed by atoms with Crippen molar-refractivity contribution in [2.24, 2.45) is 0 Å². The van der Waals surface area contributed by atoms with Crippen LogP contribution < -0.4 is 25.0 Å². The Kier molecular flexibility index (Phi) is 10.8. The monoisotopic (exact) mass is 644 g/mol. The first-order valence-electron chi connectivity index (χ1n) is 14.8. The van der Waals surface area contributed by atoms with E-state index in [9.17, 15) is 18.0 Å². The Hall–Kier alpha value is -5.01. The third-order valence-corrected chi connectivity index (χ3v) is 8.99. The van der Waals surface area contributed by atoms with Gasteiger partial charge in [0.15, 0.2) is 0 Å². The highest BCUT2D eigenvalue weighted by Crippen LogP contribution is 2.32. The van der Waals surface area contributed by atoms with Crippen molar-refractivity contribution in [2.75, 3.05) is 37.0 Å². The minimum absolute atomic E-state index is 0.0178. The summed E-state index contributed by atoms with van der Waals surface area (Å²) in [5.74, 6) is -0.203. The molecule has 1 fully saturated rings. The molecule has 0 aliphatic carbocycles. The van der Waals surface area contributed by atoms with Crippen LogP contribution >= 0.6 is 0 Å². The Balaban J connectivity index is 1.23. The molecule has 12 nitrogen and oxygen atoms in total. The van der Waals surface area contributed by atoms with Gasteiger partial charge in [0.05, 0.1) is 17.7 Å². The fraction of sp³-hybridized carbons (Fsp3) is 0.273. The lowest BCUT2D eigenvalue weighted by atomic mass is 10.0. The van der Waals surface area contributed by atoms with Gasteiger partial charge in [-0.15, -0.1) is 0 Å². The normalized spacial score (nSPS) is 14.2. The van der Waals surface area contributed by atoms with Gasteiger partial charge in [-0.1, -0.05) is 48.5 Å². The number of anilines is 2. The molecule has 2 heterocycles. The number of esters is 1. The highest BCUT2D eigenvalue weighted by Gasteiger charge is 2.28. The number of sulfonamides is 1. The van der Waals surface area contributed by atoms with Gasteiger partial charge >= 0.3 is 5.97 Å². The highest BCUT2D eigenvalue weighted by molar-refractivity contribution is 7.89. The molecule has 0 bridgehead atoms. The van der Waals surface area contributed by atoms with Crippen LogP contribution in [0.3, 0.4) is 0 Å². The molecule has 1 aromatic heterocycles.